The number of hydrogen-bond acceptors (Lipinski definition) is 1. The minimum Gasteiger partial charge on any atom is -0.378 e. The summed E-state index contributed by atoms with van der Waals surface area (Å²) in [5.41, 5.74) is 3.28. The Labute approximate surface area is 127 Å². The number of hydrogen-bond donors (Lipinski definition) is 1. The van der Waals surface area contributed by atoms with Gasteiger partial charge < -0.3 is 5.32 Å². The minimum absolute atomic E-state index is 0.0529. The second kappa shape index (κ2) is 4.88. The van der Waals surface area contributed by atoms with E-state index in [0.717, 1.165) is 22.1 Å². The first kappa shape index (κ1) is 13.6. The van der Waals surface area contributed by atoms with Gasteiger partial charge in [-0.2, -0.15) is 0 Å². The highest BCUT2D eigenvalue weighted by Gasteiger charge is 2.34. The molecule has 1 aliphatic heterocycles. The molecule has 0 aliphatic carbocycles. The summed E-state index contributed by atoms with van der Waals surface area (Å²) in [5.74, 6) is -0.169. The summed E-state index contributed by atoms with van der Waals surface area (Å²) < 4.78 is 14.6. The first-order valence-corrected chi connectivity index (χ1v) is 7.58. The molecule has 0 bridgehead atoms. The fraction of sp³-hybridized carbons (Fsp3) is 0.294. The molecule has 0 radical (unpaired) electrons. The third kappa shape index (κ3) is 2.35. The van der Waals surface area contributed by atoms with Gasteiger partial charge in [0.1, 0.15) is 5.82 Å². The summed E-state index contributed by atoms with van der Waals surface area (Å²) in [4.78, 5) is 0. The molecule has 1 nitrogen and oxygen atoms in total. The Kier molecular flexibility index (Phi) is 3.33. The van der Waals surface area contributed by atoms with Crippen LogP contribution < -0.4 is 5.32 Å². The predicted molar refractivity (Wildman–Crippen MR) is 84.5 cm³/mol. The molecule has 0 fully saturated rings. The van der Waals surface area contributed by atoms with Gasteiger partial charge in [0.05, 0.1) is 6.04 Å². The van der Waals surface area contributed by atoms with Gasteiger partial charge in [-0.05, 0) is 47.2 Å². The van der Waals surface area contributed by atoms with E-state index < -0.39 is 0 Å². The summed E-state index contributed by atoms with van der Waals surface area (Å²) in [6, 6.07) is 13.5. The van der Waals surface area contributed by atoms with Crippen LogP contribution in [0.5, 0.6) is 0 Å². The van der Waals surface area contributed by atoms with Crippen molar-refractivity contribution >= 4 is 21.6 Å². The summed E-state index contributed by atoms with van der Waals surface area (Å²) in [6.45, 7) is 4.35. The van der Waals surface area contributed by atoms with E-state index in [9.17, 15) is 4.39 Å². The molecule has 2 aromatic rings. The van der Waals surface area contributed by atoms with Crippen LogP contribution in [0.4, 0.5) is 10.1 Å². The molecule has 1 heterocycles. The SMILES string of the molecule is CC1(C)CC(c2ccccc2Br)Nc2ccc(F)cc21. The number of anilines is 1. The molecule has 1 aliphatic rings. The molecule has 3 rings (SSSR count). The molecule has 20 heavy (non-hydrogen) atoms. The van der Waals surface area contributed by atoms with Gasteiger partial charge in [-0.3, -0.25) is 0 Å². The van der Waals surface area contributed by atoms with Crippen LogP contribution in [0.15, 0.2) is 46.9 Å². The van der Waals surface area contributed by atoms with E-state index in [1.165, 1.54) is 11.6 Å². The van der Waals surface area contributed by atoms with Crippen LogP contribution in [0.3, 0.4) is 0 Å². The number of halogens is 2. The van der Waals surface area contributed by atoms with Gasteiger partial charge in [-0.15, -0.1) is 0 Å². The monoisotopic (exact) mass is 333 g/mol. The van der Waals surface area contributed by atoms with Gasteiger partial charge in [0, 0.05) is 10.2 Å². The van der Waals surface area contributed by atoms with E-state index in [4.69, 9.17) is 0 Å². The zero-order valence-electron chi connectivity index (χ0n) is 11.6. The lowest BCUT2D eigenvalue weighted by Gasteiger charge is -2.39. The highest BCUT2D eigenvalue weighted by atomic mass is 79.9. The lowest BCUT2D eigenvalue weighted by atomic mass is 9.74. The molecule has 2 aromatic carbocycles. The molecule has 1 atom stereocenters. The topological polar surface area (TPSA) is 12.0 Å². The Balaban J connectivity index is 2.04. The Morgan fingerprint density at radius 1 is 1.20 bits per heavy atom. The van der Waals surface area contributed by atoms with Crippen LogP contribution in [0.2, 0.25) is 0 Å². The molecular formula is C17H17BrFN. The largest absolute Gasteiger partial charge is 0.378 e. The summed E-state index contributed by atoms with van der Waals surface area (Å²) in [7, 11) is 0. The second-order valence-electron chi connectivity index (χ2n) is 6.00. The first-order chi connectivity index (χ1) is 9.47. The fourth-order valence-electron chi connectivity index (χ4n) is 3.01. The molecule has 0 spiro atoms. The third-order valence-corrected chi connectivity index (χ3v) is 4.76. The van der Waals surface area contributed by atoms with E-state index >= 15 is 0 Å². The zero-order valence-corrected chi connectivity index (χ0v) is 13.2. The maximum Gasteiger partial charge on any atom is 0.123 e. The molecule has 104 valence electrons. The quantitative estimate of drug-likeness (QED) is 0.734. The van der Waals surface area contributed by atoms with Crippen molar-refractivity contribution in [2.45, 2.75) is 31.7 Å². The van der Waals surface area contributed by atoms with Crippen molar-refractivity contribution in [1.29, 1.82) is 0 Å². The van der Waals surface area contributed by atoms with Gasteiger partial charge in [-0.25, -0.2) is 4.39 Å². The average molecular weight is 334 g/mol. The maximum absolute atomic E-state index is 13.5. The lowest BCUT2D eigenvalue weighted by molar-refractivity contribution is 0.424. The van der Waals surface area contributed by atoms with Crippen molar-refractivity contribution in [3.05, 3.63) is 63.9 Å². The predicted octanol–water partition coefficient (Wildman–Crippen LogP) is 5.42. The number of benzene rings is 2. The van der Waals surface area contributed by atoms with E-state index in [1.807, 2.05) is 12.1 Å². The van der Waals surface area contributed by atoms with Gasteiger partial charge in [0.2, 0.25) is 0 Å². The Bertz CT molecular complexity index is 651. The van der Waals surface area contributed by atoms with Crippen molar-refractivity contribution in [3.8, 4) is 0 Å². The van der Waals surface area contributed by atoms with Crippen LogP contribution in [-0.2, 0) is 5.41 Å². The Morgan fingerprint density at radius 2 is 1.95 bits per heavy atom. The number of rotatable bonds is 1. The fourth-order valence-corrected chi connectivity index (χ4v) is 3.57. The van der Waals surface area contributed by atoms with Crippen molar-refractivity contribution in [2.75, 3.05) is 5.32 Å². The molecule has 0 saturated carbocycles. The van der Waals surface area contributed by atoms with Crippen LogP contribution in [-0.4, -0.2) is 0 Å². The number of nitrogens with one attached hydrogen (secondary N) is 1. The molecule has 0 saturated heterocycles. The molecule has 1 N–H and O–H groups in total. The molecule has 0 aromatic heterocycles. The Hall–Kier alpha value is -1.35. The molecular weight excluding hydrogens is 317 g/mol. The average Bonchev–Trinajstić information content (AvgIpc) is 2.39. The van der Waals surface area contributed by atoms with Crippen LogP contribution in [0.1, 0.15) is 37.4 Å². The van der Waals surface area contributed by atoms with Gasteiger partial charge >= 0.3 is 0 Å². The standard InChI is InChI=1S/C17H17BrFN/c1-17(2)10-16(12-5-3-4-6-14(12)18)20-15-8-7-11(19)9-13(15)17/h3-9,16,20H,10H2,1-2H3. The Morgan fingerprint density at radius 3 is 2.70 bits per heavy atom. The van der Waals surface area contributed by atoms with E-state index in [1.54, 1.807) is 6.07 Å². The van der Waals surface area contributed by atoms with E-state index in [-0.39, 0.29) is 17.3 Å². The molecule has 1 unspecified atom stereocenters. The smallest absolute Gasteiger partial charge is 0.123 e. The van der Waals surface area contributed by atoms with Crippen LogP contribution in [0, 0.1) is 5.82 Å². The van der Waals surface area contributed by atoms with E-state index in [0.29, 0.717) is 0 Å². The maximum atomic E-state index is 13.5. The van der Waals surface area contributed by atoms with Crippen LogP contribution >= 0.6 is 15.9 Å². The first-order valence-electron chi connectivity index (χ1n) is 6.78. The van der Waals surface area contributed by atoms with Crippen molar-refractivity contribution < 1.29 is 4.39 Å². The van der Waals surface area contributed by atoms with Crippen molar-refractivity contribution in [1.82, 2.24) is 0 Å². The third-order valence-electron chi connectivity index (χ3n) is 4.04. The minimum atomic E-state index is -0.169. The highest BCUT2D eigenvalue weighted by molar-refractivity contribution is 9.10. The van der Waals surface area contributed by atoms with Gasteiger partial charge in [0.25, 0.3) is 0 Å². The summed E-state index contributed by atoms with van der Waals surface area (Å²) in [6.07, 6.45) is 0.937. The summed E-state index contributed by atoms with van der Waals surface area (Å²) in [5, 5.41) is 3.54. The lowest BCUT2D eigenvalue weighted by Crippen LogP contribution is -2.31. The molecule has 0 amide bonds. The normalized spacial score (nSPS) is 20.1. The van der Waals surface area contributed by atoms with E-state index in [2.05, 4.69) is 53.3 Å². The molecule has 3 heteroatoms. The summed E-state index contributed by atoms with van der Waals surface area (Å²) >= 11 is 3.62. The van der Waals surface area contributed by atoms with Gasteiger partial charge in [0.15, 0.2) is 0 Å². The highest BCUT2D eigenvalue weighted by Crippen LogP contribution is 2.45. The zero-order chi connectivity index (χ0) is 14.3. The second-order valence-corrected chi connectivity index (χ2v) is 6.85. The van der Waals surface area contributed by atoms with Crippen LogP contribution in [0.25, 0.3) is 0 Å². The van der Waals surface area contributed by atoms with Crippen molar-refractivity contribution in [3.63, 3.8) is 0 Å². The number of fused-ring (bicyclic) bond motifs is 1. The van der Waals surface area contributed by atoms with Crippen molar-refractivity contribution in [2.24, 2.45) is 0 Å². The van der Waals surface area contributed by atoms with Gasteiger partial charge in [-0.1, -0.05) is 48.0 Å².